The predicted molar refractivity (Wildman–Crippen MR) is 106 cm³/mol. The molecule has 2 fully saturated rings. The van der Waals surface area contributed by atoms with E-state index in [0.29, 0.717) is 39.9 Å². The number of halogens is 2. The molecule has 152 valence electrons. The van der Waals surface area contributed by atoms with E-state index in [1.807, 2.05) is 17.6 Å². The third-order valence-electron chi connectivity index (χ3n) is 6.71. The minimum atomic E-state index is -0.881. The molecule has 0 radical (unpaired) electrons. The second-order valence-corrected chi connectivity index (χ2v) is 8.39. The van der Waals surface area contributed by atoms with Gasteiger partial charge in [-0.25, -0.2) is 13.8 Å². The van der Waals surface area contributed by atoms with Gasteiger partial charge in [0.1, 0.15) is 0 Å². The van der Waals surface area contributed by atoms with Crippen molar-refractivity contribution in [2.45, 2.75) is 31.8 Å². The Bertz CT molecular complexity index is 1170. The van der Waals surface area contributed by atoms with E-state index < -0.39 is 11.6 Å². The normalized spacial score (nSPS) is 25.5. The minimum absolute atomic E-state index is 0.0511. The molecule has 2 aromatic carbocycles. The number of carbonyl (C=O) groups excluding carboxylic acids is 1. The van der Waals surface area contributed by atoms with Gasteiger partial charge in [-0.3, -0.25) is 4.79 Å². The van der Waals surface area contributed by atoms with Gasteiger partial charge in [-0.05, 0) is 61.8 Å². The SMILES string of the molecule is C[C@@H](NC(=O)c1ccc(C#N)cc1)C1[C@H]2CC(n3cnc4cc(F)c(F)cc43)C[C@@H]12. The zero-order chi connectivity index (χ0) is 21.0. The first-order valence-corrected chi connectivity index (χ1v) is 10.1. The number of rotatable bonds is 4. The molecule has 0 spiro atoms. The van der Waals surface area contributed by atoms with E-state index in [2.05, 4.69) is 10.3 Å². The number of nitrogens with one attached hydrogen (secondary N) is 1. The number of nitriles is 1. The number of carbonyl (C=O) groups is 1. The lowest BCUT2D eigenvalue weighted by Gasteiger charge is -2.21. The van der Waals surface area contributed by atoms with E-state index >= 15 is 0 Å². The summed E-state index contributed by atoms with van der Waals surface area (Å²) in [5, 5.41) is 12.0. The Morgan fingerprint density at radius 3 is 2.53 bits per heavy atom. The molecule has 1 aromatic heterocycles. The predicted octanol–water partition coefficient (Wildman–Crippen LogP) is 4.20. The standard InChI is InChI=1S/C23H20F2N4O/c1-12(28-23(30)14-4-2-13(10-26)3-5-14)22-16-6-15(7-17(16)22)29-11-27-20-8-18(24)19(25)9-21(20)29/h2-5,8-9,11-12,15-17,22H,6-7H2,1H3,(H,28,30)/t12-,15?,16-,17+,22?/m1/s1. The summed E-state index contributed by atoms with van der Waals surface area (Å²) >= 11 is 0. The number of hydrogen-bond acceptors (Lipinski definition) is 3. The zero-order valence-corrected chi connectivity index (χ0v) is 16.3. The molecule has 2 aliphatic carbocycles. The summed E-state index contributed by atoms with van der Waals surface area (Å²) in [5.41, 5.74) is 2.16. The van der Waals surface area contributed by atoms with Crippen LogP contribution in [0.2, 0.25) is 0 Å². The first kappa shape index (κ1) is 18.7. The first-order valence-electron chi connectivity index (χ1n) is 10.1. The van der Waals surface area contributed by atoms with Crippen molar-refractivity contribution < 1.29 is 13.6 Å². The molecule has 30 heavy (non-hydrogen) atoms. The highest BCUT2D eigenvalue weighted by molar-refractivity contribution is 5.94. The smallest absolute Gasteiger partial charge is 0.251 e. The van der Waals surface area contributed by atoms with E-state index in [9.17, 15) is 13.6 Å². The van der Waals surface area contributed by atoms with E-state index in [0.717, 1.165) is 18.9 Å². The lowest BCUT2D eigenvalue weighted by atomic mass is 10.0. The van der Waals surface area contributed by atoms with Crippen molar-refractivity contribution in [1.29, 1.82) is 5.26 Å². The largest absolute Gasteiger partial charge is 0.349 e. The maximum Gasteiger partial charge on any atom is 0.251 e. The van der Waals surface area contributed by atoms with Crippen molar-refractivity contribution >= 4 is 16.9 Å². The summed E-state index contributed by atoms with van der Waals surface area (Å²) in [6, 6.07) is 11.3. The Morgan fingerprint density at radius 2 is 1.87 bits per heavy atom. The highest BCUT2D eigenvalue weighted by Crippen LogP contribution is 2.62. The van der Waals surface area contributed by atoms with E-state index in [4.69, 9.17) is 5.26 Å². The Kier molecular flexibility index (Phi) is 4.31. The summed E-state index contributed by atoms with van der Waals surface area (Å²) in [6.45, 7) is 2.03. The third kappa shape index (κ3) is 3.04. The molecule has 2 aliphatic rings. The van der Waals surface area contributed by atoms with Crippen molar-refractivity contribution in [3.05, 3.63) is 65.5 Å². The molecule has 7 heteroatoms. The molecular weight excluding hydrogens is 386 g/mol. The topological polar surface area (TPSA) is 70.7 Å². The van der Waals surface area contributed by atoms with Gasteiger partial charge < -0.3 is 9.88 Å². The van der Waals surface area contributed by atoms with Crippen LogP contribution in [0, 0.1) is 40.7 Å². The molecule has 1 amide bonds. The van der Waals surface area contributed by atoms with Crippen LogP contribution in [0.3, 0.4) is 0 Å². The van der Waals surface area contributed by atoms with Gasteiger partial charge in [0.25, 0.3) is 5.91 Å². The maximum absolute atomic E-state index is 13.7. The van der Waals surface area contributed by atoms with Crippen LogP contribution in [0.1, 0.15) is 41.7 Å². The minimum Gasteiger partial charge on any atom is -0.349 e. The summed E-state index contributed by atoms with van der Waals surface area (Å²) in [5.74, 6) is -0.430. The molecule has 1 N–H and O–H groups in total. The fraction of sp³-hybridized carbons (Fsp3) is 0.348. The summed E-state index contributed by atoms with van der Waals surface area (Å²) < 4.78 is 29.1. The van der Waals surface area contributed by atoms with Gasteiger partial charge >= 0.3 is 0 Å². The van der Waals surface area contributed by atoms with Crippen molar-refractivity contribution in [3.8, 4) is 6.07 Å². The molecule has 2 saturated carbocycles. The number of benzene rings is 2. The van der Waals surface area contributed by atoms with Crippen LogP contribution < -0.4 is 5.32 Å². The van der Waals surface area contributed by atoms with Gasteiger partial charge in [0.05, 0.1) is 29.0 Å². The number of hydrogen-bond donors (Lipinski definition) is 1. The molecule has 5 atom stereocenters. The van der Waals surface area contributed by atoms with E-state index in [1.165, 1.54) is 6.07 Å². The Morgan fingerprint density at radius 1 is 1.20 bits per heavy atom. The van der Waals surface area contributed by atoms with Crippen LogP contribution >= 0.6 is 0 Å². The third-order valence-corrected chi connectivity index (χ3v) is 6.71. The molecular formula is C23H20F2N4O. The second-order valence-electron chi connectivity index (χ2n) is 8.39. The monoisotopic (exact) mass is 406 g/mol. The molecule has 1 heterocycles. The van der Waals surface area contributed by atoms with Gasteiger partial charge in [0.2, 0.25) is 0 Å². The first-order chi connectivity index (χ1) is 14.5. The van der Waals surface area contributed by atoms with Crippen molar-refractivity contribution in [2.75, 3.05) is 0 Å². The Balaban J connectivity index is 1.23. The van der Waals surface area contributed by atoms with Crippen LogP contribution in [0.4, 0.5) is 8.78 Å². The quantitative estimate of drug-likeness (QED) is 0.706. The molecule has 5 nitrogen and oxygen atoms in total. The molecule has 0 bridgehead atoms. The number of imidazole rings is 1. The fourth-order valence-electron chi connectivity index (χ4n) is 5.23. The number of aromatic nitrogens is 2. The molecule has 0 saturated heterocycles. The van der Waals surface area contributed by atoms with Gasteiger partial charge in [-0.2, -0.15) is 5.26 Å². The van der Waals surface area contributed by atoms with Crippen LogP contribution in [0.5, 0.6) is 0 Å². The molecule has 5 rings (SSSR count). The fourth-order valence-corrected chi connectivity index (χ4v) is 5.23. The van der Waals surface area contributed by atoms with Crippen molar-refractivity contribution in [2.24, 2.45) is 17.8 Å². The van der Waals surface area contributed by atoms with Crippen LogP contribution in [0.25, 0.3) is 11.0 Å². The Hall–Kier alpha value is -3.27. The highest BCUT2D eigenvalue weighted by Gasteiger charge is 2.58. The van der Waals surface area contributed by atoms with Gasteiger partial charge in [-0.15, -0.1) is 0 Å². The van der Waals surface area contributed by atoms with Crippen LogP contribution in [-0.2, 0) is 0 Å². The molecule has 0 aliphatic heterocycles. The highest BCUT2D eigenvalue weighted by atomic mass is 19.2. The number of amides is 1. The van der Waals surface area contributed by atoms with Crippen LogP contribution in [-0.4, -0.2) is 21.5 Å². The molecule has 2 unspecified atom stereocenters. The van der Waals surface area contributed by atoms with Crippen molar-refractivity contribution in [3.63, 3.8) is 0 Å². The van der Waals surface area contributed by atoms with Crippen LogP contribution in [0.15, 0.2) is 42.7 Å². The summed E-state index contributed by atoms with van der Waals surface area (Å²) in [7, 11) is 0. The lowest BCUT2D eigenvalue weighted by molar-refractivity contribution is 0.0932. The Labute approximate surface area is 172 Å². The average Bonchev–Trinajstić information content (AvgIpc) is 3.05. The summed E-state index contributed by atoms with van der Waals surface area (Å²) in [6.07, 6.45) is 3.55. The van der Waals surface area contributed by atoms with E-state index in [-0.39, 0.29) is 18.0 Å². The average molecular weight is 406 g/mol. The van der Waals surface area contributed by atoms with Crippen molar-refractivity contribution in [1.82, 2.24) is 14.9 Å². The van der Waals surface area contributed by atoms with Gasteiger partial charge in [-0.1, -0.05) is 0 Å². The summed E-state index contributed by atoms with van der Waals surface area (Å²) in [4.78, 5) is 16.7. The van der Waals surface area contributed by atoms with Gasteiger partial charge in [0.15, 0.2) is 11.6 Å². The number of nitrogens with zero attached hydrogens (tertiary/aromatic N) is 3. The maximum atomic E-state index is 13.7. The molecule has 3 aromatic rings. The van der Waals surface area contributed by atoms with E-state index in [1.54, 1.807) is 30.6 Å². The van der Waals surface area contributed by atoms with Gasteiger partial charge in [0, 0.05) is 29.8 Å². The second kappa shape index (κ2) is 6.91. The number of fused-ring (bicyclic) bond motifs is 2. The zero-order valence-electron chi connectivity index (χ0n) is 16.3. The lowest BCUT2D eigenvalue weighted by Crippen LogP contribution is -2.35.